The van der Waals surface area contributed by atoms with Crippen molar-refractivity contribution in [3.05, 3.63) is 166 Å². The Morgan fingerprint density at radius 3 is 1.15 bits per heavy atom. The quantitative estimate of drug-likeness (QED) is 0.0297. The van der Waals surface area contributed by atoms with Crippen molar-refractivity contribution in [1.82, 2.24) is 39.6 Å². The minimum atomic E-state index is -1.22. The molecule has 9 heterocycles. The summed E-state index contributed by atoms with van der Waals surface area (Å²) in [6, 6.07) is 3.16. The molecule has 0 aliphatic carbocycles. The largest absolute Gasteiger partial charge is 0.440 e. The zero-order chi connectivity index (χ0) is 67.9. The van der Waals surface area contributed by atoms with Crippen LogP contribution >= 0.6 is 0 Å². The van der Waals surface area contributed by atoms with Gasteiger partial charge in [-0.15, -0.1) is 0 Å². The normalized spacial score (nSPS) is 23.5. The zero-order valence-corrected chi connectivity index (χ0v) is 52.3. The number of amides is 3. The number of piperidine rings is 3. The van der Waals surface area contributed by atoms with E-state index < -0.39 is 70.5 Å². The van der Waals surface area contributed by atoms with Crippen LogP contribution < -0.4 is 17.2 Å². The van der Waals surface area contributed by atoms with E-state index in [1.54, 1.807) is 6.92 Å². The number of nitrogens with two attached hydrogens (primary N) is 3. The minimum Gasteiger partial charge on any atom is -0.440 e. The first kappa shape index (κ1) is 69.7. The molecule has 0 saturated carbocycles. The number of rotatable bonds is 21. The molecule has 508 valence electrons. The Bertz CT molecular complexity index is 3710. The Balaban J connectivity index is 0.000000155. The molecule has 3 aromatic carbocycles. The van der Waals surface area contributed by atoms with Crippen molar-refractivity contribution in [2.45, 2.75) is 196 Å². The van der Waals surface area contributed by atoms with Crippen LogP contribution in [0.5, 0.6) is 0 Å². The number of oxazole rings is 1. The highest BCUT2D eigenvalue weighted by molar-refractivity contribution is 5.97. The fraction of sp³-hybridized carbons (Fsp3) is 0.500. The van der Waals surface area contributed by atoms with Crippen molar-refractivity contribution in [3.8, 4) is 0 Å². The van der Waals surface area contributed by atoms with E-state index in [9.17, 15) is 68.3 Å². The van der Waals surface area contributed by atoms with E-state index in [1.165, 1.54) is 37.5 Å². The van der Waals surface area contributed by atoms with Crippen molar-refractivity contribution >= 4 is 35.1 Å². The van der Waals surface area contributed by atoms with E-state index in [0.717, 1.165) is 56.7 Å². The maximum atomic E-state index is 14.0. The van der Waals surface area contributed by atoms with Crippen molar-refractivity contribution < 1.29 is 72.7 Å². The van der Waals surface area contributed by atoms with Crippen molar-refractivity contribution in [3.63, 3.8) is 0 Å². The summed E-state index contributed by atoms with van der Waals surface area (Å²) in [4.78, 5) is 99.1. The number of carbonyl (C=O) groups is 6. The monoisotopic (exact) mass is 1330 g/mol. The number of hydrogen-bond acceptors (Lipinski definition) is 14. The molecule has 12 atom stereocenters. The highest BCUT2D eigenvalue weighted by Crippen LogP contribution is 2.44. The number of H-pyrrole nitrogens is 1. The number of aromatic amines is 1. The van der Waals surface area contributed by atoms with Gasteiger partial charge in [-0.3, -0.25) is 33.8 Å². The second kappa shape index (κ2) is 30.7. The summed E-state index contributed by atoms with van der Waals surface area (Å²) < 4.78 is 127. The van der Waals surface area contributed by atoms with Gasteiger partial charge in [0.15, 0.2) is 64.4 Å². The maximum absolute atomic E-state index is 14.0. The van der Waals surface area contributed by atoms with Gasteiger partial charge < -0.3 is 41.3 Å². The van der Waals surface area contributed by atoms with Gasteiger partial charge >= 0.3 is 0 Å². The number of imidazole rings is 1. The highest BCUT2D eigenvalue weighted by Gasteiger charge is 2.47. The number of aromatic nitrogens is 5. The van der Waals surface area contributed by atoms with Crippen LogP contribution in [0, 0.1) is 77.0 Å². The summed E-state index contributed by atoms with van der Waals surface area (Å²) in [5.41, 5.74) is 20.3. The Kier molecular flexibility index (Phi) is 22.5. The first-order chi connectivity index (χ1) is 45.4. The topological polar surface area (TPSA) is 271 Å². The summed E-state index contributed by atoms with van der Waals surface area (Å²) in [7, 11) is 0. The second-order valence-electron chi connectivity index (χ2n) is 26.0. The van der Waals surface area contributed by atoms with Crippen LogP contribution in [0.3, 0.4) is 0 Å². The summed E-state index contributed by atoms with van der Waals surface area (Å²) in [6.07, 6.45) is 18.5. The number of hydrogen-bond donors (Lipinski definition) is 4. The third-order valence-electron chi connectivity index (χ3n) is 20.0. The van der Waals surface area contributed by atoms with Crippen LogP contribution in [-0.4, -0.2) is 129 Å². The third kappa shape index (κ3) is 16.6. The van der Waals surface area contributed by atoms with Gasteiger partial charge in [0.25, 0.3) is 0 Å². The summed E-state index contributed by atoms with van der Waals surface area (Å²) >= 11 is 0. The van der Waals surface area contributed by atoms with Crippen LogP contribution in [0.1, 0.15) is 169 Å². The first-order valence-electron chi connectivity index (χ1n) is 32.3. The van der Waals surface area contributed by atoms with E-state index in [0.29, 0.717) is 68.1 Å². The molecular weight excluding hydrogens is 1250 g/mol. The van der Waals surface area contributed by atoms with E-state index >= 15 is 0 Å². The number of Topliss-reactive ketones (excluding diaryl/α,β-unsaturated/α-hetero) is 3. The van der Waals surface area contributed by atoms with E-state index in [2.05, 4.69) is 24.9 Å². The van der Waals surface area contributed by atoms with Crippen molar-refractivity contribution in [2.24, 2.45) is 35.0 Å². The predicted molar refractivity (Wildman–Crippen MR) is 326 cm³/mol. The number of fused-ring (bicyclic) bond motifs is 6. The number of nitrogens with one attached hydrogen (secondary N) is 1. The molecule has 3 aromatic heterocycles. The van der Waals surface area contributed by atoms with E-state index in [1.807, 2.05) is 14.7 Å². The molecular formula is C68H76F9N11O7. The molecule has 12 rings (SSSR count). The Morgan fingerprint density at radius 2 is 0.821 bits per heavy atom. The van der Waals surface area contributed by atoms with Gasteiger partial charge in [-0.1, -0.05) is 0 Å². The average Bonchev–Trinajstić information content (AvgIpc) is 1.69. The van der Waals surface area contributed by atoms with E-state index in [4.69, 9.17) is 21.6 Å². The molecule has 6 aliphatic heterocycles. The number of halogens is 9. The number of ketones is 3. The summed E-state index contributed by atoms with van der Waals surface area (Å²) in [5, 5.41) is 0. The molecule has 6 aromatic rings. The molecule has 6 aliphatic rings. The van der Waals surface area contributed by atoms with Gasteiger partial charge in [0.05, 0.1) is 24.4 Å². The van der Waals surface area contributed by atoms with Gasteiger partial charge in [-0.2, -0.15) is 0 Å². The number of aryl methyl sites for hydroxylation is 1. The average molecular weight is 1330 g/mol. The predicted octanol–water partition coefficient (Wildman–Crippen LogP) is 10.0. The molecule has 0 spiro atoms. The van der Waals surface area contributed by atoms with Gasteiger partial charge in [0.2, 0.25) is 17.7 Å². The molecule has 3 unspecified atom stereocenters. The Morgan fingerprint density at radius 1 is 0.463 bits per heavy atom. The van der Waals surface area contributed by atoms with Crippen molar-refractivity contribution in [2.75, 3.05) is 0 Å². The first-order valence-corrected chi connectivity index (χ1v) is 32.3. The molecule has 3 amide bonds. The minimum absolute atomic E-state index is 0.0224. The maximum Gasteiger partial charge on any atom is 0.223 e. The smallest absolute Gasteiger partial charge is 0.223 e. The lowest BCUT2D eigenvalue weighted by molar-refractivity contribution is -0.137. The lowest BCUT2D eigenvalue weighted by Crippen LogP contribution is -2.50. The van der Waals surface area contributed by atoms with Crippen LogP contribution in [-0.2, 0) is 33.6 Å². The van der Waals surface area contributed by atoms with Crippen LogP contribution in [0.15, 0.2) is 78.3 Å². The molecule has 18 nitrogen and oxygen atoms in total. The van der Waals surface area contributed by atoms with Crippen molar-refractivity contribution in [1.29, 1.82) is 0 Å². The standard InChI is InChI=1S/C23H25F3N4O2.C23H26F3N3O3.C22H25F3N4O2/c24-17-11-19(26)18(25)9-13(17)10-20(27)14-7-15-1-2-16(8-14)30(15)23(32)4-3-22(31)21-12-28-5-6-29-21;1-12-23(32-11-28-12)21(30)4-5-22(31)29-15-2-3-16(29)7-14(6-15)20(27)9-13-8-18(25)19(26)10-17(13)24;23-16-9-18(25)17(24)7-12(16)8-19(26)13-5-14-1-2-15(6-13)29(14)22(31)4-3-21(30)20-10-27-11-28-20/h5-6,9,11-12,14-16,20H,1-4,7-8,10,27H2;8,10-11,14-16,20H,2-7,9,27H2,1H3;7,9-11,13-15,19H,1-6,8,26H2,(H,27,28)/t2*14?,15-,16+,20-;13?,14-,15+,19-/m111/s1. The molecule has 95 heavy (non-hydrogen) atoms. The zero-order valence-electron chi connectivity index (χ0n) is 52.3. The van der Waals surface area contributed by atoms with Gasteiger partial charge in [0.1, 0.15) is 28.8 Å². The van der Waals surface area contributed by atoms with Crippen LogP contribution in [0.4, 0.5) is 39.5 Å². The SMILES string of the molecule is Cc1ncoc1C(=O)CCC(=O)N1[C@@H]2CC[C@H]1CC([C@H](N)Cc1cc(F)c(F)cc1F)C2.N[C@H](Cc1cc(F)c(F)cc1F)C1C[C@H]2CC[C@@H](C1)N2C(=O)CCC(=O)c1cnc[nH]1.N[C@H](Cc1cc(F)c(F)cc1F)C1C[C@H]2CC[C@@H](C1)N2C(=O)CCC(=O)c1cnccn1. The van der Waals surface area contributed by atoms with Gasteiger partial charge in [-0.05, 0) is 156 Å². The Labute approximate surface area is 542 Å². The second-order valence-corrected chi connectivity index (χ2v) is 26.0. The number of benzene rings is 3. The molecule has 6 fully saturated rings. The number of nitrogens with zero attached hydrogens (tertiary/aromatic N) is 7. The highest BCUT2D eigenvalue weighted by atomic mass is 19.2. The van der Waals surface area contributed by atoms with Crippen LogP contribution in [0.2, 0.25) is 0 Å². The number of carbonyl (C=O) groups excluding carboxylic acids is 6. The molecule has 0 radical (unpaired) electrons. The Hall–Kier alpha value is -8.17. The summed E-state index contributed by atoms with van der Waals surface area (Å²) in [5.74, 6) is -9.79. The lowest BCUT2D eigenvalue weighted by atomic mass is 9.82. The fourth-order valence-electron chi connectivity index (χ4n) is 15.2. The lowest BCUT2D eigenvalue weighted by Gasteiger charge is -2.41. The van der Waals surface area contributed by atoms with E-state index in [-0.39, 0.29) is 175 Å². The molecule has 27 heteroatoms. The van der Waals surface area contributed by atoms with Crippen LogP contribution in [0.25, 0.3) is 0 Å². The van der Waals surface area contributed by atoms with Gasteiger partial charge in [-0.25, -0.2) is 54.5 Å². The van der Waals surface area contributed by atoms with Gasteiger partial charge in [0, 0.05) is 123 Å². The molecule has 6 bridgehead atoms. The third-order valence-corrected chi connectivity index (χ3v) is 20.0. The summed E-state index contributed by atoms with van der Waals surface area (Å²) in [6.45, 7) is 1.68. The molecule has 7 N–H and O–H groups in total. The fourth-order valence-corrected chi connectivity index (χ4v) is 15.2. The molecule has 6 saturated heterocycles.